The smallest absolute Gasteiger partial charge is 0.271 e. The van der Waals surface area contributed by atoms with E-state index in [2.05, 4.69) is 58.3 Å². The number of rotatable bonds is 4. The number of fused-ring (bicyclic) bond motifs is 1. The lowest BCUT2D eigenvalue weighted by Gasteiger charge is -2.41. The molecule has 3 rings (SSSR count). The van der Waals surface area contributed by atoms with E-state index in [9.17, 15) is 4.79 Å². The molecule has 5 nitrogen and oxygen atoms in total. The van der Waals surface area contributed by atoms with Gasteiger partial charge in [0, 0.05) is 31.4 Å². The first-order valence-electron chi connectivity index (χ1n) is 8.34. The van der Waals surface area contributed by atoms with E-state index in [0.717, 1.165) is 25.2 Å². The monoisotopic (exact) mass is 324 g/mol. The molecule has 0 unspecified atom stereocenters. The maximum Gasteiger partial charge on any atom is 0.271 e. The van der Waals surface area contributed by atoms with Gasteiger partial charge >= 0.3 is 0 Å². The number of carbonyl (C=O) groups excluding carboxylic acids is 1. The van der Waals surface area contributed by atoms with Gasteiger partial charge in [0.2, 0.25) is 0 Å². The minimum absolute atomic E-state index is 0.124. The van der Waals surface area contributed by atoms with Crippen LogP contribution in [0.1, 0.15) is 41.2 Å². The minimum atomic E-state index is -0.173. The second-order valence-corrected chi connectivity index (χ2v) is 6.98. The Morgan fingerprint density at radius 1 is 1.21 bits per heavy atom. The molecule has 0 radical (unpaired) electrons. The van der Waals surface area contributed by atoms with E-state index < -0.39 is 0 Å². The summed E-state index contributed by atoms with van der Waals surface area (Å²) in [6, 6.07) is 8.59. The zero-order valence-corrected chi connectivity index (χ0v) is 14.5. The SMILES string of the molecule is Cc1cnc(C(=O)NCC(C)(C)N2CCc3ccccc3C2)cn1. The molecule has 1 aromatic carbocycles. The highest BCUT2D eigenvalue weighted by molar-refractivity contribution is 5.91. The summed E-state index contributed by atoms with van der Waals surface area (Å²) in [4.78, 5) is 22.9. The number of benzene rings is 1. The van der Waals surface area contributed by atoms with Crippen molar-refractivity contribution in [3.8, 4) is 0 Å². The van der Waals surface area contributed by atoms with Gasteiger partial charge in [-0.25, -0.2) is 4.98 Å². The number of nitrogens with one attached hydrogen (secondary N) is 1. The van der Waals surface area contributed by atoms with E-state index in [0.29, 0.717) is 12.2 Å². The van der Waals surface area contributed by atoms with E-state index in [4.69, 9.17) is 0 Å². The Morgan fingerprint density at radius 2 is 1.96 bits per heavy atom. The molecule has 0 saturated heterocycles. The number of hydrogen-bond donors (Lipinski definition) is 1. The number of aromatic nitrogens is 2. The summed E-state index contributed by atoms with van der Waals surface area (Å²) in [5.41, 5.74) is 3.86. The molecule has 126 valence electrons. The van der Waals surface area contributed by atoms with Crippen LogP contribution in [0.4, 0.5) is 0 Å². The molecule has 5 heteroatoms. The third-order valence-corrected chi connectivity index (χ3v) is 4.68. The van der Waals surface area contributed by atoms with Crippen LogP contribution in [0.5, 0.6) is 0 Å². The highest BCUT2D eigenvalue weighted by Crippen LogP contribution is 2.24. The van der Waals surface area contributed by atoms with Gasteiger partial charge in [0.25, 0.3) is 5.91 Å². The maximum absolute atomic E-state index is 12.3. The Hall–Kier alpha value is -2.27. The van der Waals surface area contributed by atoms with Gasteiger partial charge in [0.1, 0.15) is 5.69 Å². The van der Waals surface area contributed by atoms with Gasteiger partial charge in [-0.15, -0.1) is 0 Å². The van der Waals surface area contributed by atoms with Crippen LogP contribution in [0.2, 0.25) is 0 Å². The topological polar surface area (TPSA) is 58.1 Å². The van der Waals surface area contributed by atoms with E-state index in [1.165, 1.54) is 17.3 Å². The van der Waals surface area contributed by atoms with Gasteiger partial charge in [-0.3, -0.25) is 14.7 Å². The quantitative estimate of drug-likeness (QED) is 0.938. The second kappa shape index (κ2) is 6.69. The van der Waals surface area contributed by atoms with Crippen LogP contribution >= 0.6 is 0 Å². The van der Waals surface area contributed by atoms with Crippen molar-refractivity contribution in [3.63, 3.8) is 0 Å². The molecular weight excluding hydrogens is 300 g/mol. The molecule has 1 amide bonds. The highest BCUT2D eigenvalue weighted by atomic mass is 16.1. The lowest BCUT2D eigenvalue weighted by molar-refractivity contribution is 0.0822. The standard InChI is InChI=1S/C19H24N4O/c1-14-10-21-17(11-20-14)18(24)22-13-19(2,3)23-9-8-15-6-4-5-7-16(15)12-23/h4-7,10-11H,8-9,12-13H2,1-3H3,(H,22,24). The van der Waals surface area contributed by atoms with Gasteiger partial charge in [0.15, 0.2) is 0 Å². The molecule has 2 heterocycles. The second-order valence-electron chi connectivity index (χ2n) is 6.98. The van der Waals surface area contributed by atoms with Gasteiger partial charge in [-0.2, -0.15) is 0 Å². The molecule has 0 atom stereocenters. The lowest BCUT2D eigenvalue weighted by atomic mass is 9.94. The minimum Gasteiger partial charge on any atom is -0.349 e. The molecule has 0 saturated carbocycles. The molecule has 0 spiro atoms. The third-order valence-electron chi connectivity index (χ3n) is 4.68. The summed E-state index contributed by atoms with van der Waals surface area (Å²) in [5.74, 6) is -0.173. The van der Waals surface area contributed by atoms with Crippen LogP contribution < -0.4 is 5.32 Å². The fourth-order valence-electron chi connectivity index (χ4n) is 3.02. The van der Waals surface area contributed by atoms with Crippen molar-refractivity contribution in [2.24, 2.45) is 0 Å². The Morgan fingerprint density at radius 3 is 2.67 bits per heavy atom. The number of amides is 1. The largest absolute Gasteiger partial charge is 0.349 e. The zero-order chi connectivity index (χ0) is 17.2. The maximum atomic E-state index is 12.3. The summed E-state index contributed by atoms with van der Waals surface area (Å²) in [6.45, 7) is 8.69. The number of carbonyl (C=O) groups is 1. The number of aryl methyl sites for hydroxylation is 1. The zero-order valence-electron chi connectivity index (χ0n) is 14.5. The van der Waals surface area contributed by atoms with Crippen LogP contribution in [0, 0.1) is 6.92 Å². The summed E-state index contributed by atoms with van der Waals surface area (Å²) in [6.07, 6.45) is 4.19. The van der Waals surface area contributed by atoms with Crippen LogP contribution in [0.3, 0.4) is 0 Å². The van der Waals surface area contributed by atoms with Crippen LogP contribution in [-0.2, 0) is 13.0 Å². The van der Waals surface area contributed by atoms with Gasteiger partial charge in [-0.1, -0.05) is 24.3 Å². The van der Waals surface area contributed by atoms with E-state index >= 15 is 0 Å². The molecule has 24 heavy (non-hydrogen) atoms. The molecule has 1 aliphatic heterocycles. The Bertz CT molecular complexity index is 724. The van der Waals surface area contributed by atoms with Gasteiger partial charge in [-0.05, 0) is 38.3 Å². The van der Waals surface area contributed by atoms with Gasteiger partial charge < -0.3 is 5.32 Å². The Balaban J connectivity index is 1.62. The van der Waals surface area contributed by atoms with Crippen molar-refractivity contribution >= 4 is 5.91 Å². The molecule has 2 aromatic rings. The highest BCUT2D eigenvalue weighted by Gasteiger charge is 2.30. The van der Waals surface area contributed by atoms with Crippen LogP contribution in [0.15, 0.2) is 36.7 Å². The first-order valence-corrected chi connectivity index (χ1v) is 8.34. The van der Waals surface area contributed by atoms with Crippen LogP contribution in [-0.4, -0.2) is 39.4 Å². The first kappa shape index (κ1) is 16.6. The van der Waals surface area contributed by atoms with Crippen molar-refractivity contribution < 1.29 is 4.79 Å². The summed E-state index contributed by atoms with van der Waals surface area (Å²) in [7, 11) is 0. The fraction of sp³-hybridized carbons (Fsp3) is 0.421. The van der Waals surface area contributed by atoms with E-state index in [1.807, 2.05) is 6.92 Å². The number of nitrogens with zero attached hydrogens (tertiary/aromatic N) is 3. The van der Waals surface area contributed by atoms with Crippen molar-refractivity contribution in [2.75, 3.05) is 13.1 Å². The Kier molecular flexibility index (Phi) is 4.62. The molecule has 1 aromatic heterocycles. The third kappa shape index (κ3) is 3.62. The van der Waals surface area contributed by atoms with Crippen molar-refractivity contribution in [1.29, 1.82) is 0 Å². The fourth-order valence-corrected chi connectivity index (χ4v) is 3.02. The van der Waals surface area contributed by atoms with Crippen molar-refractivity contribution in [2.45, 2.75) is 39.3 Å². The molecule has 1 N–H and O–H groups in total. The van der Waals surface area contributed by atoms with Gasteiger partial charge in [0.05, 0.1) is 11.9 Å². The van der Waals surface area contributed by atoms with Crippen molar-refractivity contribution in [3.05, 3.63) is 59.2 Å². The van der Waals surface area contributed by atoms with Crippen molar-refractivity contribution in [1.82, 2.24) is 20.2 Å². The molecule has 0 bridgehead atoms. The number of hydrogen-bond acceptors (Lipinski definition) is 4. The molecule has 0 aliphatic carbocycles. The summed E-state index contributed by atoms with van der Waals surface area (Å²) >= 11 is 0. The summed E-state index contributed by atoms with van der Waals surface area (Å²) < 4.78 is 0. The Labute approximate surface area is 143 Å². The average molecular weight is 324 g/mol. The lowest BCUT2D eigenvalue weighted by Crippen LogP contribution is -2.53. The van der Waals surface area contributed by atoms with E-state index in [1.54, 1.807) is 6.20 Å². The predicted octanol–water partition coefficient (Wildman–Crippen LogP) is 2.35. The molecule has 1 aliphatic rings. The molecular formula is C19H24N4O. The van der Waals surface area contributed by atoms with Crippen LogP contribution in [0.25, 0.3) is 0 Å². The van der Waals surface area contributed by atoms with E-state index in [-0.39, 0.29) is 11.4 Å². The first-order chi connectivity index (χ1) is 11.5. The normalized spacial score (nSPS) is 15.0. The molecule has 0 fully saturated rings. The average Bonchev–Trinajstić information content (AvgIpc) is 2.60. The predicted molar refractivity (Wildman–Crippen MR) is 93.7 cm³/mol. The summed E-state index contributed by atoms with van der Waals surface area (Å²) in [5, 5.41) is 3.00.